The van der Waals surface area contributed by atoms with E-state index in [0.717, 1.165) is 6.42 Å². The Morgan fingerprint density at radius 3 is 2.37 bits per heavy atom. The number of rotatable bonds is 5. The number of amides is 1. The first-order valence-corrected chi connectivity index (χ1v) is 6.47. The van der Waals surface area contributed by atoms with Gasteiger partial charge < -0.3 is 10.1 Å². The van der Waals surface area contributed by atoms with Crippen molar-refractivity contribution in [2.24, 2.45) is 0 Å². The van der Waals surface area contributed by atoms with E-state index in [0.29, 0.717) is 17.0 Å². The molecule has 0 saturated heterocycles. The second-order valence-corrected chi connectivity index (χ2v) is 4.97. The lowest BCUT2D eigenvalue weighted by molar-refractivity contribution is -0.147. The number of ether oxygens (including phenoxy) is 1. The molecule has 4 nitrogen and oxygen atoms in total. The Morgan fingerprint density at radius 2 is 1.89 bits per heavy atom. The molecule has 1 amide bonds. The monoisotopic (exact) mass is 283 g/mol. The van der Waals surface area contributed by atoms with Gasteiger partial charge in [-0.1, -0.05) is 24.9 Å². The number of hydrogen-bond acceptors (Lipinski definition) is 3. The van der Waals surface area contributed by atoms with Crippen molar-refractivity contribution in [1.29, 1.82) is 0 Å². The molecule has 1 aromatic rings. The van der Waals surface area contributed by atoms with Crippen LogP contribution >= 0.6 is 11.6 Å². The molecule has 0 fully saturated rings. The molecule has 1 atom stereocenters. The maximum atomic E-state index is 12.1. The van der Waals surface area contributed by atoms with Gasteiger partial charge in [-0.3, -0.25) is 4.79 Å². The summed E-state index contributed by atoms with van der Waals surface area (Å²) in [7, 11) is 1.31. The van der Waals surface area contributed by atoms with Crippen LogP contribution in [0.5, 0.6) is 0 Å². The zero-order chi connectivity index (χ0) is 14.5. The molecule has 0 heterocycles. The number of hydrogen-bond donors (Lipinski definition) is 1. The van der Waals surface area contributed by atoms with E-state index in [1.807, 2.05) is 6.92 Å². The van der Waals surface area contributed by atoms with Gasteiger partial charge in [-0.15, -0.1) is 0 Å². The Hall–Kier alpha value is -1.55. The number of carbonyl (C=O) groups is 2. The highest BCUT2D eigenvalue weighted by Crippen LogP contribution is 2.16. The van der Waals surface area contributed by atoms with Crippen LogP contribution in [0, 0.1) is 0 Å². The molecule has 5 heteroatoms. The summed E-state index contributed by atoms with van der Waals surface area (Å²) in [5.74, 6) is -0.769. The molecule has 0 aliphatic rings. The summed E-state index contributed by atoms with van der Waals surface area (Å²) in [6, 6.07) is 6.49. The van der Waals surface area contributed by atoms with Crippen molar-refractivity contribution in [1.82, 2.24) is 5.32 Å². The molecule has 1 N–H and O–H groups in total. The lowest BCUT2D eigenvalue weighted by atomic mass is 9.95. The highest BCUT2D eigenvalue weighted by molar-refractivity contribution is 6.30. The average Bonchev–Trinajstić information content (AvgIpc) is 2.38. The molecule has 0 bridgehead atoms. The zero-order valence-electron chi connectivity index (χ0n) is 11.3. The van der Waals surface area contributed by atoms with Gasteiger partial charge in [0.25, 0.3) is 5.91 Å². The third-order valence-corrected chi connectivity index (χ3v) is 3.13. The van der Waals surface area contributed by atoms with Gasteiger partial charge in [-0.25, -0.2) is 4.79 Å². The summed E-state index contributed by atoms with van der Waals surface area (Å²) in [5.41, 5.74) is -0.559. The molecular weight excluding hydrogens is 266 g/mol. The molecule has 1 rings (SSSR count). The van der Waals surface area contributed by atoms with Crippen molar-refractivity contribution < 1.29 is 14.3 Å². The fourth-order valence-corrected chi connectivity index (χ4v) is 1.99. The minimum atomic E-state index is -1.01. The van der Waals surface area contributed by atoms with Crippen LogP contribution in [0.15, 0.2) is 24.3 Å². The molecule has 0 spiro atoms. The molecule has 104 valence electrons. The van der Waals surface area contributed by atoms with Crippen LogP contribution in [0.3, 0.4) is 0 Å². The van der Waals surface area contributed by atoms with Crippen LogP contribution in [0.1, 0.15) is 37.0 Å². The Kier molecular flexibility index (Phi) is 5.36. The summed E-state index contributed by atoms with van der Waals surface area (Å²) in [4.78, 5) is 23.9. The van der Waals surface area contributed by atoms with Crippen molar-refractivity contribution in [3.8, 4) is 0 Å². The predicted molar refractivity (Wildman–Crippen MR) is 74.2 cm³/mol. The van der Waals surface area contributed by atoms with Gasteiger partial charge >= 0.3 is 5.97 Å². The van der Waals surface area contributed by atoms with E-state index in [4.69, 9.17) is 16.3 Å². The van der Waals surface area contributed by atoms with E-state index in [2.05, 4.69) is 5.32 Å². The molecule has 0 aliphatic heterocycles. The standard InChI is InChI=1S/C14H18ClNO3/c1-4-9-14(2,13(18)19-3)16-12(17)10-5-7-11(15)8-6-10/h5-8H,4,9H2,1-3H3,(H,16,17). The fourth-order valence-electron chi connectivity index (χ4n) is 1.86. The molecule has 1 unspecified atom stereocenters. The van der Waals surface area contributed by atoms with Gasteiger partial charge in [0.2, 0.25) is 0 Å². The lowest BCUT2D eigenvalue weighted by Gasteiger charge is -2.27. The molecule has 0 saturated carbocycles. The van der Waals surface area contributed by atoms with Gasteiger partial charge in [0, 0.05) is 10.6 Å². The van der Waals surface area contributed by atoms with Crippen molar-refractivity contribution in [2.45, 2.75) is 32.2 Å². The Morgan fingerprint density at radius 1 is 1.32 bits per heavy atom. The number of nitrogens with one attached hydrogen (secondary N) is 1. The quantitative estimate of drug-likeness (QED) is 0.846. The number of halogens is 1. The van der Waals surface area contributed by atoms with E-state index in [-0.39, 0.29) is 5.91 Å². The number of methoxy groups -OCH3 is 1. The minimum absolute atomic E-state index is 0.321. The molecule has 19 heavy (non-hydrogen) atoms. The van der Waals surface area contributed by atoms with E-state index in [9.17, 15) is 9.59 Å². The summed E-state index contributed by atoms with van der Waals surface area (Å²) in [6.07, 6.45) is 1.27. The summed E-state index contributed by atoms with van der Waals surface area (Å²) in [5, 5.41) is 3.28. The van der Waals surface area contributed by atoms with E-state index in [1.54, 1.807) is 31.2 Å². The highest BCUT2D eigenvalue weighted by atomic mass is 35.5. The van der Waals surface area contributed by atoms with Crippen LogP contribution in [-0.2, 0) is 9.53 Å². The Labute approximate surface area is 118 Å². The topological polar surface area (TPSA) is 55.4 Å². The van der Waals surface area contributed by atoms with Crippen LogP contribution < -0.4 is 5.32 Å². The predicted octanol–water partition coefficient (Wildman–Crippen LogP) is 2.80. The summed E-state index contributed by atoms with van der Waals surface area (Å²) < 4.78 is 4.75. The van der Waals surface area contributed by atoms with Gasteiger partial charge in [0.1, 0.15) is 5.54 Å². The third-order valence-electron chi connectivity index (χ3n) is 2.88. The van der Waals surface area contributed by atoms with Crippen molar-refractivity contribution >= 4 is 23.5 Å². The molecule has 0 radical (unpaired) electrons. The largest absolute Gasteiger partial charge is 0.467 e. The van der Waals surface area contributed by atoms with Crippen LogP contribution in [0.4, 0.5) is 0 Å². The first-order chi connectivity index (χ1) is 8.92. The second-order valence-electron chi connectivity index (χ2n) is 4.53. The maximum Gasteiger partial charge on any atom is 0.331 e. The van der Waals surface area contributed by atoms with Gasteiger partial charge in [-0.2, -0.15) is 0 Å². The first kappa shape index (κ1) is 15.5. The smallest absolute Gasteiger partial charge is 0.331 e. The summed E-state index contributed by atoms with van der Waals surface area (Å²) >= 11 is 5.77. The average molecular weight is 284 g/mol. The molecule has 1 aromatic carbocycles. The number of carbonyl (C=O) groups excluding carboxylic acids is 2. The van der Waals surface area contributed by atoms with Gasteiger partial charge in [0.15, 0.2) is 0 Å². The second kappa shape index (κ2) is 6.57. The minimum Gasteiger partial charge on any atom is -0.467 e. The fraction of sp³-hybridized carbons (Fsp3) is 0.429. The summed E-state index contributed by atoms with van der Waals surface area (Å²) in [6.45, 7) is 3.60. The highest BCUT2D eigenvalue weighted by Gasteiger charge is 2.35. The van der Waals surface area contributed by atoms with E-state index < -0.39 is 11.5 Å². The number of esters is 1. The van der Waals surface area contributed by atoms with Crippen LogP contribution in [0.25, 0.3) is 0 Å². The SMILES string of the molecule is CCCC(C)(NC(=O)c1ccc(Cl)cc1)C(=O)OC. The zero-order valence-corrected chi connectivity index (χ0v) is 12.1. The number of benzene rings is 1. The van der Waals surface area contributed by atoms with Gasteiger partial charge in [-0.05, 0) is 37.6 Å². The maximum absolute atomic E-state index is 12.1. The van der Waals surface area contributed by atoms with Crippen molar-refractivity contribution in [2.75, 3.05) is 7.11 Å². The Bertz CT molecular complexity index is 458. The van der Waals surface area contributed by atoms with Crippen LogP contribution in [0.2, 0.25) is 5.02 Å². The van der Waals surface area contributed by atoms with Crippen LogP contribution in [-0.4, -0.2) is 24.5 Å². The first-order valence-electron chi connectivity index (χ1n) is 6.09. The van der Waals surface area contributed by atoms with Crippen molar-refractivity contribution in [3.63, 3.8) is 0 Å². The molecule has 0 aliphatic carbocycles. The normalized spacial score (nSPS) is 13.5. The molecule has 0 aromatic heterocycles. The molecular formula is C14H18ClNO3. The third kappa shape index (κ3) is 3.96. The van der Waals surface area contributed by atoms with E-state index >= 15 is 0 Å². The van der Waals surface area contributed by atoms with E-state index in [1.165, 1.54) is 7.11 Å². The van der Waals surface area contributed by atoms with Crippen molar-refractivity contribution in [3.05, 3.63) is 34.9 Å². The Balaban J connectivity index is 2.87. The lowest BCUT2D eigenvalue weighted by Crippen LogP contribution is -2.52. The van der Waals surface area contributed by atoms with Gasteiger partial charge in [0.05, 0.1) is 7.11 Å².